The van der Waals surface area contributed by atoms with Crippen molar-refractivity contribution in [2.45, 2.75) is 6.54 Å². The Morgan fingerprint density at radius 1 is 1.33 bits per heavy atom. The van der Waals surface area contributed by atoms with Crippen LogP contribution in [-0.2, 0) is 11.3 Å². The van der Waals surface area contributed by atoms with Gasteiger partial charge >= 0.3 is 12.0 Å². The molecule has 0 atom stereocenters. The van der Waals surface area contributed by atoms with Gasteiger partial charge in [0.25, 0.3) is 0 Å². The van der Waals surface area contributed by atoms with E-state index in [2.05, 4.69) is 15.4 Å². The minimum atomic E-state index is -0.509. The van der Waals surface area contributed by atoms with Crippen LogP contribution in [0.5, 0.6) is 0 Å². The van der Waals surface area contributed by atoms with E-state index in [4.69, 9.17) is 16.0 Å². The summed E-state index contributed by atoms with van der Waals surface area (Å²) in [5.74, 6) is 0.116. The molecule has 2 aromatic rings. The van der Waals surface area contributed by atoms with Crippen LogP contribution < -0.4 is 10.6 Å². The number of urea groups is 1. The van der Waals surface area contributed by atoms with Gasteiger partial charge in [-0.05, 0) is 30.3 Å². The molecule has 0 saturated carbocycles. The third-order valence-corrected chi connectivity index (χ3v) is 2.97. The summed E-state index contributed by atoms with van der Waals surface area (Å²) in [6.45, 7) is 0.243. The van der Waals surface area contributed by atoms with Crippen LogP contribution in [0.15, 0.2) is 41.0 Å². The Hall–Kier alpha value is -2.47. The quantitative estimate of drug-likeness (QED) is 0.851. The number of nitrogens with one attached hydrogen (secondary N) is 2. The Labute approximate surface area is 126 Å². The lowest BCUT2D eigenvalue weighted by Gasteiger charge is -2.09. The van der Waals surface area contributed by atoms with Crippen molar-refractivity contribution < 1.29 is 18.7 Å². The van der Waals surface area contributed by atoms with Crippen molar-refractivity contribution in [2.75, 3.05) is 12.4 Å². The number of rotatable bonds is 4. The first-order chi connectivity index (χ1) is 10.1. The first-order valence-corrected chi connectivity index (χ1v) is 6.43. The molecular weight excluding hydrogens is 296 g/mol. The molecule has 7 heteroatoms. The van der Waals surface area contributed by atoms with Gasteiger partial charge in [-0.3, -0.25) is 0 Å². The summed E-state index contributed by atoms with van der Waals surface area (Å²) in [6, 6.07) is 7.48. The van der Waals surface area contributed by atoms with Crippen molar-refractivity contribution >= 4 is 29.3 Å². The van der Waals surface area contributed by atoms with Gasteiger partial charge in [0.05, 0.1) is 36.2 Å². The summed E-state index contributed by atoms with van der Waals surface area (Å²) in [7, 11) is 1.28. The molecule has 6 nitrogen and oxygen atoms in total. The van der Waals surface area contributed by atoms with Gasteiger partial charge < -0.3 is 19.8 Å². The van der Waals surface area contributed by atoms with E-state index < -0.39 is 12.0 Å². The maximum atomic E-state index is 11.8. The fraction of sp³-hybridized carbons (Fsp3) is 0.143. The maximum Gasteiger partial charge on any atom is 0.337 e. The van der Waals surface area contributed by atoms with Gasteiger partial charge in [-0.2, -0.15) is 0 Å². The first kappa shape index (κ1) is 14.9. The molecule has 2 amide bonds. The molecule has 2 rings (SSSR count). The Bertz CT molecular complexity index is 640. The molecule has 0 aliphatic rings. The topological polar surface area (TPSA) is 80.6 Å². The van der Waals surface area contributed by atoms with Gasteiger partial charge in [0.15, 0.2) is 0 Å². The van der Waals surface area contributed by atoms with Crippen molar-refractivity contribution in [3.8, 4) is 0 Å². The Kier molecular flexibility index (Phi) is 4.84. The van der Waals surface area contributed by atoms with E-state index in [1.165, 1.54) is 31.6 Å². The zero-order chi connectivity index (χ0) is 15.2. The number of hydrogen-bond donors (Lipinski definition) is 2. The van der Waals surface area contributed by atoms with Crippen LogP contribution in [0.4, 0.5) is 10.5 Å². The van der Waals surface area contributed by atoms with Gasteiger partial charge in [-0.15, -0.1) is 0 Å². The SMILES string of the molecule is COC(=O)c1ccc(Cl)c(NC(=O)NCc2ccco2)c1. The maximum absolute atomic E-state index is 11.8. The molecule has 0 fully saturated rings. The number of furan rings is 1. The van der Waals surface area contributed by atoms with Crippen LogP contribution in [0, 0.1) is 0 Å². The summed E-state index contributed by atoms with van der Waals surface area (Å²) in [5.41, 5.74) is 0.611. The number of carbonyl (C=O) groups excluding carboxylic acids is 2. The second-order valence-electron chi connectivity index (χ2n) is 4.07. The number of esters is 1. The van der Waals surface area contributed by atoms with E-state index >= 15 is 0 Å². The number of carbonyl (C=O) groups is 2. The van der Waals surface area contributed by atoms with Crippen molar-refractivity contribution in [1.82, 2.24) is 5.32 Å². The minimum absolute atomic E-state index is 0.243. The minimum Gasteiger partial charge on any atom is -0.467 e. The predicted octanol–water partition coefficient (Wildman–Crippen LogP) is 3.04. The van der Waals surface area contributed by atoms with Crippen LogP contribution in [0.2, 0.25) is 5.02 Å². The molecule has 1 heterocycles. The molecule has 0 spiro atoms. The van der Waals surface area contributed by atoms with Crippen molar-refractivity contribution in [2.24, 2.45) is 0 Å². The Morgan fingerprint density at radius 3 is 2.81 bits per heavy atom. The van der Waals surface area contributed by atoms with E-state index in [1.54, 1.807) is 12.1 Å². The third-order valence-electron chi connectivity index (χ3n) is 2.64. The highest BCUT2D eigenvalue weighted by molar-refractivity contribution is 6.33. The second-order valence-corrected chi connectivity index (χ2v) is 4.48. The summed E-state index contributed by atoms with van der Waals surface area (Å²) < 4.78 is 9.70. The summed E-state index contributed by atoms with van der Waals surface area (Å²) in [5, 5.41) is 5.48. The zero-order valence-electron chi connectivity index (χ0n) is 11.2. The Morgan fingerprint density at radius 2 is 2.14 bits per heavy atom. The monoisotopic (exact) mass is 308 g/mol. The van der Waals surface area contributed by atoms with Crippen molar-refractivity contribution in [1.29, 1.82) is 0 Å². The van der Waals surface area contributed by atoms with Crippen LogP contribution >= 0.6 is 11.6 Å². The van der Waals surface area contributed by atoms with Crippen LogP contribution in [0.1, 0.15) is 16.1 Å². The van der Waals surface area contributed by atoms with Crippen LogP contribution in [0.3, 0.4) is 0 Å². The van der Waals surface area contributed by atoms with E-state index in [1.807, 2.05) is 0 Å². The summed E-state index contributed by atoms with van der Waals surface area (Å²) in [6.07, 6.45) is 1.52. The van der Waals surface area contributed by atoms with E-state index in [0.29, 0.717) is 22.0 Å². The highest BCUT2D eigenvalue weighted by atomic mass is 35.5. The molecule has 1 aromatic heterocycles. The number of ether oxygens (including phenoxy) is 1. The lowest BCUT2D eigenvalue weighted by molar-refractivity contribution is 0.0600. The molecule has 0 aliphatic heterocycles. The normalized spacial score (nSPS) is 10.0. The highest BCUT2D eigenvalue weighted by Gasteiger charge is 2.11. The molecular formula is C14H13ClN2O4. The number of amides is 2. The Balaban J connectivity index is 2.01. The number of anilines is 1. The average molecular weight is 309 g/mol. The molecule has 0 aliphatic carbocycles. The lowest BCUT2D eigenvalue weighted by Crippen LogP contribution is -2.28. The van der Waals surface area contributed by atoms with Gasteiger partial charge in [0.2, 0.25) is 0 Å². The largest absolute Gasteiger partial charge is 0.467 e. The predicted molar refractivity (Wildman–Crippen MR) is 77.4 cm³/mol. The molecule has 110 valence electrons. The fourth-order valence-electron chi connectivity index (χ4n) is 1.61. The molecule has 0 unspecified atom stereocenters. The smallest absolute Gasteiger partial charge is 0.337 e. The number of hydrogen-bond acceptors (Lipinski definition) is 4. The fourth-order valence-corrected chi connectivity index (χ4v) is 1.78. The van der Waals surface area contributed by atoms with Crippen LogP contribution in [0.25, 0.3) is 0 Å². The highest BCUT2D eigenvalue weighted by Crippen LogP contribution is 2.23. The van der Waals surface area contributed by atoms with Crippen molar-refractivity contribution in [3.63, 3.8) is 0 Å². The standard InChI is InChI=1S/C14H13ClN2O4/c1-20-13(18)9-4-5-11(15)12(7-9)17-14(19)16-8-10-3-2-6-21-10/h2-7H,8H2,1H3,(H2,16,17,19). The number of methoxy groups -OCH3 is 1. The summed E-state index contributed by atoms with van der Waals surface area (Å²) >= 11 is 5.97. The number of halogens is 1. The number of benzene rings is 1. The van der Waals surface area contributed by atoms with Gasteiger partial charge in [0, 0.05) is 0 Å². The van der Waals surface area contributed by atoms with E-state index in [9.17, 15) is 9.59 Å². The summed E-state index contributed by atoms with van der Waals surface area (Å²) in [4.78, 5) is 23.2. The van der Waals surface area contributed by atoms with E-state index in [0.717, 1.165) is 0 Å². The zero-order valence-corrected chi connectivity index (χ0v) is 11.9. The van der Waals surface area contributed by atoms with Gasteiger partial charge in [0.1, 0.15) is 5.76 Å². The third kappa shape index (κ3) is 4.00. The van der Waals surface area contributed by atoms with Crippen molar-refractivity contribution in [3.05, 3.63) is 52.9 Å². The van der Waals surface area contributed by atoms with Crippen LogP contribution in [-0.4, -0.2) is 19.1 Å². The first-order valence-electron chi connectivity index (χ1n) is 6.05. The molecule has 1 aromatic carbocycles. The second kappa shape index (κ2) is 6.81. The lowest BCUT2D eigenvalue weighted by atomic mass is 10.2. The average Bonchev–Trinajstić information content (AvgIpc) is 3.00. The van der Waals surface area contributed by atoms with Gasteiger partial charge in [-0.25, -0.2) is 9.59 Å². The molecule has 21 heavy (non-hydrogen) atoms. The molecule has 0 saturated heterocycles. The molecule has 0 bridgehead atoms. The molecule has 2 N–H and O–H groups in total. The van der Waals surface area contributed by atoms with Gasteiger partial charge in [-0.1, -0.05) is 11.6 Å². The van der Waals surface area contributed by atoms with E-state index in [-0.39, 0.29) is 6.54 Å². The molecule has 0 radical (unpaired) electrons.